The molecule has 2 aromatic rings. The number of carbonyl (C=O) groups excluding carboxylic acids is 1. The molecule has 0 spiro atoms. The first-order valence-corrected chi connectivity index (χ1v) is 8.21. The lowest BCUT2D eigenvalue weighted by atomic mass is 10.2. The molecule has 0 bridgehead atoms. The molecule has 24 heavy (non-hydrogen) atoms. The van der Waals surface area contributed by atoms with E-state index in [0.29, 0.717) is 24.2 Å². The van der Waals surface area contributed by atoms with Crippen LogP contribution in [0.5, 0.6) is 0 Å². The lowest BCUT2D eigenvalue weighted by Gasteiger charge is -2.24. The number of imidazole rings is 1. The van der Waals surface area contributed by atoms with Gasteiger partial charge in [-0.3, -0.25) is 18.7 Å². The summed E-state index contributed by atoms with van der Waals surface area (Å²) >= 11 is 0. The molecule has 8 heteroatoms. The Labute approximate surface area is 139 Å². The maximum atomic E-state index is 12.7. The number of amides is 1. The smallest absolute Gasteiger partial charge is 0.332 e. The van der Waals surface area contributed by atoms with E-state index in [-0.39, 0.29) is 18.0 Å². The second-order valence-corrected chi connectivity index (χ2v) is 6.92. The zero-order valence-electron chi connectivity index (χ0n) is 14.5. The Bertz CT molecular complexity index is 901. The van der Waals surface area contributed by atoms with Gasteiger partial charge in [0.05, 0.1) is 6.33 Å². The van der Waals surface area contributed by atoms with Gasteiger partial charge < -0.3 is 9.47 Å². The van der Waals surface area contributed by atoms with Crippen LogP contribution in [-0.4, -0.2) is 42.1 Å². The fraction of sp³-hybridized carbons (Fsp3) is 0.625. The maximum absolute atomic E-state index is 12.7. The van der Waals surface area contributed by atoms with Crippen molar-refractivity contribution in [2.45, 2.75) is 39.3 Å². The summed E-state index contributed by atoms with van der Waals surface area (Å²) in [5.74, 6) is 0.379. The highest BCUT2D eigenvalue weighted by atomic mass is 16.2. The van der Waals surface area contributed by atoms with Crippen LogP contribution in [-0.2, 0) is 25.4 Å². The van der Waals surface area contributed by atoms with Gasteiger partial charge >= 0.3 is 5.69 Å². The van der Waals surface area contributed by atoms with Gasteiger partial charge in [-0.15, -0.1) is 0 Å². The molecule has 1 aliphatic rings. The molecule has 2 heterocycles. The van der Waals surface area contributed by atoms with Crippen LogP contribution >= 0.6 is 0 Å². The molecule has 130 valence electrons. The fourth-order valence-corrected chi connectivity index (χ4v) is 2.99. The van der Waals surface area contributed by atoms with Crippen molar-refractivity contribution in [3.63, 3.8) is 0 Å². The summed E-state index contributed by atoms with van der Waals surface area (Å²) in [4.78, 5) is 43.2. The maximum Gasteiger partial charge on any atom is 0.332 e. The van der Waals surface area contributed by atoms with E-state index >= 15 is 0 Å². The largest absolute Gasteiger partial charge is 0.338 e. The molecule has 0 N–H and O–H groups in total. The van der Waals surface area contributed by atoms with E-state index in [1.807, 2.05) is 4.90 Å². The van der Waals surface area contributed by atoms with Gasteiger partial charge in [0.1, 0.15) is 6.54 Å². The summed E-state index contributed by atoms with van der Waals surface area (Å²) < 4.78 is 3.91. The summed E-state index contributed by atoms with van der Waals surface area (Å²) in [5.41, 5.74) is -0.269. The number of rotatable bonds is 5. The molecule has 1 fully saturated rings. The van der Waals surface area contributed by atoms with Crippen molar-refractivity contribution in [1.82, 2.24) is 23.6 Å². The Kier molecular flexibility index (Phi) is 4.06. The third-order valence-corrected chi connectivity index (χ3v) is 4.39. The Morgan fingerprint density at radius 2 is 1.96 bits per heavy atom. The SMILES string of the molecule is CC(C)CN(C(=O)Cn1cnc2c1c(=O)n(C)c(=O)n2C)C1CC1. The van der Waals surface area contributed by atoms with E-state index < -0.39 is 11.2 Å². The van der Waals surface area contributed by atoms with E-state index in [1.165, 1.54) is 17.9 Å². The first-order valence-electron chi connectivity index (χ1n) is 8.21. The van der Waals surface area contributed by atoms with Crippen molar-refractivity contribution < 1.29 is 4.79 Å². The zero-order valence-corrected chi connectivity index (χ0v) is 14.5. The van der Waals surface area contributed by atoms with Gasteiger partial charge in [-0.1, -0.05) is 13.8 Å². The number of aryl methyl sites for hydroxylation is 1. The molecule has 2 aromatic heterocycles. The molecule has 0 radical (unpaired) electrons. The first kappa shape index (κ1) is 16.5. The van der Waals surface area contributed by atoms with Crippen LogP contribution < -0.4 is 11.2 Å². The van der Waals surface area contributed by atoms with Gasteiger partial charge in [0.15, 0.2) is 11.2 Å². The van der Waals surface area contributed by atoms with Crippen molar-refractivity contribution in [2.75, 3.05) is 6.54 Å². The van der Waals surface area contributed by atoms with Crippen LogP contribution in [0, 0.1) is 5.92 Å². The van der Waals surface area contributed by atoms with E-state index in [9.17, 15) is 14.4 Å². The minimum atomic E-state index is -0.430. The van der Waals surface area contributed by atoms with Gasteiger partial charge in [-0.05, 0) is 18.8 Å². The predicted octanol–water partition coefficient (Wildman–Crippen LogP) is 0.0807. The second-order valence-electron chi connectivity index (χ2n) is 6.92. The lowest BCUT2D eigenvalue weighted by Crippen LogP contribution is -2.40. The van der Waals surface area contributed by atoms with E-state index in [0.717, 1.165) is 17.4 Å². The number of hydrogen-bond donors (Lipinski definition) is 0. The van der Waals surface area contributed by atoms with E-state index in [1.54, 1.807) is 11.6 Å². The Morgan fingerprint density at radius 3 is 2.54 bits per heavy atom. The topological polar surface area (TPSA) is 82.1 Å². The highest BCUT2D eigenvalue weighted by molar-refractivity contribution is 5.79. The minimum Gasteiger partial charge on any atom is -0.338 e. The van der Waals surface area contributed by atoms with Gasteiger partial charge in [0.2, 0.25) is 5.91 Å². The summed E-state index contributed by atoms with van der Waals surface area (Å²) in [6, 6.07) is 0.321. The summed E-state index contributed by atoms with van der Waals surface area (Å²) in [7, 11) is 3.00. The standard InChI is InChI=1S/C16H23N5O3/c1-10(2)7-21(11-5-6-11)12(22)8-20-9-17-14-13(20)15(23)19(4)16(24)18(14)3/h9-11H,5-8H2,1-4H3. The van der Waals surface area contributed by atoms with Crippen LogP contribution in [0.1, 0.15) is 26.7 Å². The molecule has 1 amide bonds. The average molecular weight is 333 g/mol. The molecule has 0 atom stereocenters. The van der Waals surface area contributed by atoms with Crippen LogP contribution in [0.2, 0.25) is 0 Å². The minimum absolute atomic E-state index is 0.0126. The number of nitrogens with zero attached hydrogens (tertiary/aromatic N) is 5. The third-order valence-electron chi connectivity index (χ3n) is 4.39. The molecule has 0 saturated heterocycles. The quantitative estimate of drug-likeness (QED) is 0.776. The predicted molar refractivity (Wildman–Crippen MR) is 89.8 cm³/mol. The van der Waals surface area contributed by atoms with Crippen molar-refractivity contribution in [2.24, 2.45) is 20.0 Å². The highest BCUT2D eigenvalue weighted by Crippen LogP contribution is 2.28. The number of fused-ring (bicyclic) bond motifs is 1. The molecular weight excluding hydrogens is 310 g/mol. The first-order chi connectivity index (χ1) is 11.3. The van der Waals surface area contributed by atoms with Gasteiger partial charge in [-0.25, -0.2) is 9.78 Å². The van der Waals surface area contributed by atoms with Crippen LogP contribution in [0.25, 0.3) is 11.2 Å². The molecule has 0 aliphatic heterocycles. The summed E-state index contributed by atoms with van der Waals surface area (Å²) in [6.07, 6.45) is 3.54. The van der Waals surface area contributed by atoms with Crippen molar-refractivity contribution >= 4 is 17.1 Å². The second kappa shape index (κ2) is 5.92. The number of aromatic nitrogens is 4. The Balaban J connectivity index is 1.97. The molecular formula is C16H23N5O3. The van der Waals surface area contributed by atoms with Gasteiger partial charge in [0.25, 0.3) is 5.56 Å². The van der Waals surface area contributed by atoms with Crippen molar-refractivity contribution in [3.8, 4) is 0 Å². The van der Waals surface area contributed by atoms with Crippen LogP contribution in [0.4, 0.5) is 0 Å². The van der Waals surface area contributed by atoms with Gasteiger partial charge in [-0.2, -0.15) is 0 Å². The number of carbonyl (C=O) groups is 1. The Morgan fingerprint density at radius 1 is 1.29 bits per heavy atom. The van der Waals surface area contributed by atoms with Gasteiger partial charge in [0, 0.05) is 26.7 Å². The molecule has 1 saturated carbocycles. The van der Waals surface area contributed by atoms with E-state index in [4.69, 9.17) is 0 Å². The molecule has 0 unspecified atom stereocenters. The van der Waals surface area contributed by atoms with Crippen molar-refractivity contribution in [3.05, 3.63) is 27.2 Å². The number of hydrogen-bond acceptors (Lipinski definition) is 4. The lowest BCUT2D eigenvalue weighted by molar-refractivity contribution is -0.132. The molecule has 3 rings (SSSR count). The normalized spacial score (nSPS) is 14.5. The van der Waals surface area contributed by atoms with Crippen LogP contribution in [0.3, 0.4) is 0 Å². The van der Waals surface area contributed by atoms with E-state index in [2.05, 4.69) is 18.8 Å². The average Bonchev–Trinajstić information content (AvgIpc) is 3.28. The van der Waals surface area contributed by atoms with Crippen LogP contribution in [0.15, 0.2) is 15.9 Å². The van der Waals surface area contributed by atoms with Crippen molar-refractivity contribution in [1.29, 1.82) is 0 Å². The summed E-state index contributed by atoms with van der Waals surface area (Å²) in [5, 5.41) is 0. The monoisotopic (exact) mass is 333 g/mol. The highest BCUT2D eigenvalue weighted by Gasteiger charge is 2.33. The zero-order chi connectivity index (χ0) is 17.6. The third kappa shape index (κ3) is 2.76. The fourth-order valence-electron chi connectivity index (χ4n) is 2.99. The molecule has 1 aliphatic carbocycles. The summed E-state index contributed by atoms with van der Waals surface area (Å²) in [6.45, 7) is 4.95. The molecule has 8 nitrogen and oxygen atoms in total. The Hall–Kier alpha value is -2.38. The molecule has 0 aromatic carbocycles.